The first-order valence-corrected chi connectivity index (χ1v) is 7.51. The first kappa shape index (κ1) is 14.4. The highest BCUT2D eigenvalue weighted by Gasteiger charge is 2.12. The minimum absolute atomic E-state index is 0.733. The first-order valence-electron chi connectivity index (χ1n) is 7.51. The van der Waals surface area contributed by atoms with Crippen molar-refractivity contribution in [3.8, 4) is 5.75 Å². The summed E-state index contributed by atoms with van der Waals surface area (Å²) in [7, 11) is 0. The van der Waals surface area contributed by atoms with Crippen molar-refractivity contribution in [2.24, 2.45) is 5.92 Å². The third kappa shape index (κ3) is 5.21. The molecule has 2 rings (SSSR count). The maximum atomic E-state index is 5.44. The highest BCUT2D eigenvalue weighted by Crippen LogP contribution is 2.12. The first-order chi connectivity index (χ1) is 9.38. The molecule has 1 aromatic carbocycles. The third-order valence-electron chi connectivity index (χ3n) is 3.72. The van der Waals surface area contributed by atoms with Crippen molar-refractivity contribution in [3.63, 3.8) is 0 Å². The van der Waals surface area contributed by atoms with Gasteiger partial charge in [0.1, 0.15) is 5.75 Å². The number of benzene rings is 1. The van der Waals surface area contributed by atoms with Gasteiger partial charge in [-0.05, 0) is 76.0 Å². The molecule has 0 aromatic heterocycles. The lowest BCUT2D eigenvalue weighted by Crippen LogP contribution is -2.21. The van der Waals surface area contributed by atoms with Gasteiger partial charge in [-0.15, -0.1) is 0 Å². The molecule has 1 aromatic rings. The Hall–Kier alpha value is -1.06. The number of rotatable bonds is 8. The van der Waals surface area contributed by atoms with Crippen molar-refractivity contribution in [2.75, 3.05) is 32.8 Å². The SMILES string of the molecule is CCOc1ccc(CCNCCC2CCNC2)cc1. The Balaban J connectivity index is 1.57. The van der Waals surface area contributed by atoms with Crippen LogP contribution in [-0.4, -0.2) is 32.8 Å². The molecular weight excluding hydrogens is 236 g/mol. The predicted molar refractivity (Wildman–Crippen MR) is 79.8 cm³/mol. The van der Waals surface area contributed by atoms with E-state index in [9.17, 15) is 0 Å². The number of ether oxygens (including phenoxy) is 1. The van der Waals surface area contributed by atoms with E-state index in [1.54, 1.807) is 0 Å². The van der Waals surface area contributed by atoms with Gasteiger partial charge in [-0.1, -0.05) is 12.1 Å². The molecule has 0 saturated carbocycles. The quantitative estimate of drug-likeness (QED) is 0.705. The van der Waals surface area contributed by atoms with Gasteiger partial charge >= 0.3 is 0 Å². The van der Waals surface area contributed by atoms with Crippen molar-refractivity contribution >= 4 is 0 Å². The second-order valence-corrected chi connectivity index (χ2v) is 5.22. The minimum Gasteiger partial charge on any atom is -0.494 e. The molecular formula is C16H26N2O. The molecule has 1 fully saturated rings. The van der Waals surface area contributed by atoms with Gasteiger partial charge in [-0.25, -0.2) is 0 Å². The van der Waals surface area contributed by atoms with Gasteiger partial charge in [0, 0.05) is 0 Å². The van der Waals surface area contributed by atoms with E-state index < -0.39 is 0 Å². The van der Waals surface area contributed by atoms with Gasteiger partial charge in [0.05, 0.1) is 6.61 Å². The van der Waals surface area contributed by atoms with Crippen molar-refractivity contribution in [1.29, 1.82) is 0 Å². The van der Waals surface area contributed by atoms with Crippen LogP contribution in [0.25, 0.3) is 0 Å². The summed E-state index contributed by atoms with van der Waals surface area (Å²) in [6, 6.07) is 8.44. The molecule has 19 heavy (non-hydrogen) atoms. The van der Waals surface area contributed by atoms with E-state index in [0.29, 0.717) is 0 Å². The Morgan fingerprint density at radius 2 is 2.11 bits per heavy atom. The van der Waals surface area contributed by atoms with E-state index in [0.717, 1.165) is 37.8 Å². The van der Waals surface area contributed by atoms with Crippen LogP contribution in [0.3, 0.4) is 0 Å². The summed E-state index contributed by atoms with van der Waals surface area (Å²) >= 11 is 0. The molecule has 0 amide bonds. The molecule has 2 N–H and O–H groups in total. The molecule has 3 nitrogen and oxygen atoms in total. The van der Waals surface area contributed by atoms with Crippen LogP contribution in [-0.2, 0) is 6.42 Å². The Kier molecular flexibility index (Phi) is 6.18. The molecule has 3 heteroatoms. The monoisotopic (exact) mass is 262 g/mol. The average molecular weight is 262 g/mol. The number of hydrogen-bond acceptors (Lipinski definition) is 3. The van der Waals surface area contributed by atoms with Crippen LogP contribution in [0.15, 0.2) is 24.3 Å². The average Bonchev–Trinajstić information content (AvgIpc) is 2.94. The van der Waals surface area contributed by atoms with E-state index in [1.807, 2.05) is 6.92 Å². The fraction of sp³-hybridized carbons (Fsp3) is 0.625. The van der Waals surface area contributed by atoms with Crippen LogP contribution in [0.2, 0.25) is 0 Å². The second kappa shape index (κ2) is 8.18. The highest BCUT2D eigenvalue weighted by molar-refractivity contribution is 5.27. The lowest BCUT2D eigenvalue weighted by Gasteiger charge is -2.09. The summed E-state index contributed by atoms with van der Waals surface area (Å²) in [5.41, 5.74) is 1.37. The van der Waals surface area contributed by atoms with E-state index in [2.05, 4.69) is 34.9 Å². The van der Waals surface area contributed by atoms with Crippen molar-refractivity contribution < 1.29 is 4.74 Å². The third-order valence-corrected chi connectivity index (χ3v) is 3.72. The largest absolute Gasteiger partial charge is 0.494 e. The maximum absolute atomic E-state index is 5.44. The summed E-state index contributed by atoms with van der Waals surface area (Å²) in [6.07, 6.45) is 3.74. The Labute approximate surface area is 116 Å². The van der Waals surface area contributed by atoms with Crippen molar-refractivity contribution in [3.05, 3.63) is 29.8 Å². The summed E-state index contributed by atoms with van der Waals surface area (Å²) in [5.74, 6) is 1.85. The van der Waals surface area contributed by atoms with Gasteiger partial charge in [0.15, 0.2) is 0 Å². The van der Waals surface area contributed by atoms with E-state index >= 15 is 0 Å². The Morgan fingerprint density at radius 3 is 2.79 bits per heavy atom. The zero-order valence-electron chi connectivity index (χ0n) is 12.0. The van der Waals surface area contributed by atoms with Gasteiger partial charge < -0.3 is 15.4 Å². The van der Waals surface area contributed by atoms with Crippen LogP contribution in [0.5, 0.6) is 5.75 Å². The maximum Gasteiger partial charge on any atom is 0.119 e. The van der Waals surface area contributed by atoms with Crippen LogP contribution >= 0.6 is 0 Å². The lowest BCUT2D eigenvalue weighted by atomic mass is 10.1. The van der Waals surface area contributed by atoms with Crippen molar-refractivity contribution in [2.45, 2.75) is 26.2 Å². The van der Waals surface area contributed by atoms with Gasteiger partial charge in [-0.3, -0.25) is 0 Å². The van der Waals surface area contributed by atoms with Gasteiger partial charge in [-0.2, -0.15) is 0 Å². The predicted octanol–water partition coefficient (Wildman–Crippen LogP) is 2.22. The fourth-order valence-corrected chi connectivity index (χ4v) is 2.54. The van der Waals surface area contributed by atoms with Crippen LogP contribution in [0.1, 0.15) is 25.3 Å². The van der Waals surface area contributed by atoms with Crippen LogP contribution < -0.4 is 15.4 Å². The molecule has 0 spiro atoms. The standard InChI is InChI=1S/C16H26N2O/c1-2-19-16-5-3-14(4-6-16)7-10-17-11-8-15-9-12-18-13-15/h3-6,15,17-18H,2,7-13H2,1H3. The second-order valence-electron chi connectivity index (χ2n) is 5.22. The molecule has 1 aliphatic heterocycles. The molecule has 1 unspecified atom stereocenters. The molecule has 0 radical (unpaired) electrons. The zero-order chi connectivity index (χ0) is 13.3. The Morgan fingerprint density at radius 1 is 1.26 bits per heavy atom. The highest BCUT2D eigenvalue weighted by atomic mass is 16.5. The smallest absolute Gasteiger partial charge is 0.119 e. The molecule has 1 atom stereocenters. The minimum atomic E-state index is 0.733. The van der Waals surface area contributed by atoms with Gasteiger partial charge in [0.25, 0.3) is 0 Å². The Bertz CT molecular complexity index is 344. The van der Waals surface area contributed by atoms with E-state index in [1.165, 1.54) is 31.5 Å². The van der Waals surface area contributed by atoms with Gasteiger partial charge in [0.2, 0.25) is 0 Å². The molecule has 106 valence electrons. The van der Waals surface area contributed by atoms with Crippen LogP contribution in [0, 0.1) is 5.92 Å². The fourth-order valence-electron chi connectivity index (χ4n) is 2.54. The molecule has 0 bridgehead atoms. The van der Waals surface area contributed by atoms with E-state index in [4.69, 9.17) is 4.74 Å². The summed E-state index contributed by atoms with van der Waals surface area (Å²) in [6.45, 7) is 7.36. The topological polar surface area (TPSA) is 33.3 Å². The molecule has 1 saturated heterocycles. The van der Waals surface area contributed by atoms with Crippen LogP contribution in [0.4, 0.5) is 0 Å². The van der Waals surface area contributed by atoms with Crippen molar-refractivity contribution in [1.82, 2.24) is 10.6 Å². The summed E-state index contributed by atoms with van der Waals surface area (Å²) in [4.78, 5) is 0. The normalized spacial score (nSPS) is 18.7. The van der Waals surface area contributed by atoms with E-state index in [-0.39, 0.29) is 0 Å². The lowest BCUT2D eigenvalue weighted by molar-refractivity contribution is 0.340. The molecule has 1 aliphatic rings. The molecule has 1 heterocycles. The number of nitrogens with one attached hydrogen (secondary N) is 2. The summed E-state index contributed by atoms with van der Waals surface area (Å²) < 4.78 is 5.44. The molecule has 0 aliphatic carbocycles. The zero-order valence-corrected chi connectivity index (χ0v) is 12.0. The number of hydrogen-bond donors (Lipinski definition) is 2. The summed E-state index contributed by atoms with van der Waals surface area (Å²) in [5, 5.41) is 6.96.